The van der Waals surface area contributed by atoms with Crippen molar-refractivity contribution in [1.82, 2.24) is 9.97 Å². The maximum atomic E-state index is 11.2. The normalized spacial score (nSPS) is 12.1. The molecule has 6 heteroatoms. The van der Waals surface area contributed by atoms with Crippen LogP contribution in [0.4, 0.5) is 11.4 Å². The van der Waals surface area contributed by atoms with E-state index in [0.29, 0.717) is 5.69 Å². The van der Waals surface area contributed by atoms with E-state index in [1.54, 1.807) is 11.8 Å². The van der Waals surface area contributed by atoms with E-state index in [1.165, 1.54) is 6.33 Å². The highest BCUT2D eigenvalue weighted by Gasteiger charge is 2.09. The van der Waals surface area contributed by atoms with Crippen LogP contribution in [0.25, 0.3) is 10.9 Å². The minimum absolute atomic E-state index is 0.00272. The zero-order valence-corrected chi connectivity index (χ0v) is 14.9. The lowest BCUT2D eigenvalue weighted by Crippen LogP contribution is -1.98. The molecule has 3 aromatic rings. The average molecular weight is 358 g/mol. The summed E-state index contributed by atoms with van der Waals surface area (Å²) in [5, 5.41) is 4.14. The van der Waals surface area contributed by atoms with Crippen LogP contribution < -0.4 is 5.32 Å². The topological polar surface area (TPSA) is 54.9 Å². The van der Waals surface area contributed by atoms with E-state index < -0.39 is 0 Å². The molecule has 0 spiro atoms. The molecule has 1 heterocycles. The van der Waals surface area contributed by atoms with Gasteiger partial charge in [-0.05, 0) is 49.7 Å². The maximum absolute atomic E-state index is 11.2. The molecule has 0 aliphatic carbocycles. The van der Waals surface area contributed by atoms with Gasteiger partial charge in [0.2, 0.25) is 0 Å². The number of hydrogen-bond acceptors (Lipinski definition) is 5. The summed E-state index contributed by atoms with van der Waals surface area (Å²) in [4.78, 5) is 20.7. The van der Waals surface area contributed by atoms with Gasteiger partial charge in [-0.25, -0.2) is 9.97 Å². The molecule has 0 aliphatic heterocycles. The van der Waals surface area contributed by atoms with Crippen LogP contribution in [0.3, 0.4) is 0 Å². The summed E-state index contributed by atoms with van der Waals surface area (Å²) in [6.45, 7) is 3.92. The molecule has 1 aromatic heterocycles. The number of aryl methyl sites for hydroxylation is 1. The highest BCUT2D eigenvalue weighted by Crippen LogP contribution is 2.31. The van der Waals surface area contributed by atoms with Crippen molar-refractivity contribution in [2.24, 2.45) is 0 Å². The van der Waals surface area contributed by atoms with Crippen molar-refractivity contribution in [3.63, 3.8) is 0 Å². The number of aldehydes is 1. The summed E-state index contributed by atoms with van der Waals surface area (Å²) >= 11 is 7.64. The summed E-state index contributed by atoms with van der Waals surface area (Å²) < 4.78 is 0.00272. The molecule has 3 rings (SSSR count). The quantitative estimate of drug-likeness (QED) is 0.387. The van der Waals surface area contributed by atoms with Crippen LogP contribution in [0.1, 0.15) is 23.0 Å². The number of halogens is 1. The van der Waals surface area contributed by atoms with E-state index in [2.05, 4.69) is 15.3 Å². The third kappa shape index (κ3) is 3.68. The monoisotopic (exact) mass is 357 g/mol. The van der Waals surface area contributed by atoms with Crippen LogP contribution in [0.5, 0.6) is 0 Å². The van der Waals surface area contributed by atoms with Gasteiger partial charge in [0.15, 0.2) is 6.29 Å². The number of fused-ring (bicyclic) bond motifs is 1. The van der Waals surface area contributed by atoms with Crippen LogP contribution in [-0.2, 0) is 0 Å². The Bertz CT molecular complexity index is 899. The number of aromatic nitrogens is 2. The van der Waals surface area contributed by atoms with Gasteiger partial charge in [0, 0.05) is 16.0 Å². The molecule has 0 aliphatic rings. The second-order valence-electron chi connectivity index (χ2n) is 5.40. The van der Waals surface area contributed by atoms with E-state index in [1.807, 2.05) is 50.2 Å². The molecule has 0 radical (unpaired) electrons. The Morgan fingerprint density at radius 1 is 1.25 bits per heavy atom. The zero-order chi connectivity index (χ0) is 17.1. The molecule has 0 amide bonds. The summed E-state index contributed by atoms with van der Waals surface area (Å²) in [5.74, 6) is 0. The van der Waals surface area contributed by atoms with Gasteiger partial charge in [0.25, 0.3) is 0 Å². The first-order valence-electron chi connectivity index (χ1n) is 7.45. The van der Waals surface area contributed by atoms with Gasteiger partial charge < -0.3 is 5.32 Å². The Hall–Kier alpha value is -2.11. The van der Waals surface area contributed by atoms with Crippen LogP contribution in [0, 0.1) is 6.92 Å². The number of carbonyl (C=O) groups is 1. The Morgan fingerprint density at radius 3 is 2.83 bits per heavy atom. The van der Waals surface area contributed by atoms with E-state index in [9.17, 15) is 4.79 Å². The van der Waals surface area contributed by atoms with E-state index in [0.717, 1.165) is 39.0 Å². The number of rotatable bonds is 5. The molecule has 2 aromatic carbocycles. The van der Waals surface area contributed by atoms with Gasteiger partial charge in [0.1, 0.15) is 12.0 Å². The molecular formula is C18H16ClN3OS. The molecule has 4 nitrogen and oxygen atoms in total. The van der Waals surface area contributed by atoms with Crippen LogP contribution in [-0.4, -0.2) is 21.0 Å². The predicted molar refractivity (Wildman–Crippen MR) is 101 cm³/mol. The number of benzene rings is 2. The van der Waals surface area contributed by atoms with Crippen molar-refractivity contribution < 1.29 is 4.79 Å². The molecule has 0 saturated heterocycles. The van der Waals surface area contributed by atoms with Crippen LogP contribution in [0.2, 0.25) is 0 Å². The Balaban J connectivity index is 2.03. The van der Waals surface area contributed by atoms with Crippen molar-refractivity contribution in [3.05, 3.63) is 54.0 Å². The van der Waals surface area contributed by atoms with E-state index >= 15 is 0 Å². The van der Waals surface area contributed by atoms with Crippen molar-refractivity contribution >= 4 is 51.9 Å². The van der Waals surface area contributed by atoms with Gasteiger partial charge >= 0.3 is 0 Å². The summed E-state index contributed by atoms with van der Waals surface area (Å²) in [6.07, 6.45) is 2.17. The molecule has 1 N–H and O–H groups in total. The first-order valence-corrected chi connectivity index (χ1v) is 8.77. The number of anilines is 2. The number of nitrogens with one attached hydrogen (secondary N) is 1. The Labute approximate surface area is 149 Å². The second-order valence-corrected chi connectivity index (χ2v) is 7.73. The van der Waals surface area contributed by atoms with Gasteiger partial charge in [-0.3, -0.25) is 4.79 Å². The molecule has 1 atom stereocenters. The van der Waals surface area contributed by atoms with E-state index in [4.69, 9.17) is 11.6 Å². The molecule has 122 valence electrons. The van der Waals surface area contributed by atoms with Gasteiger partial charge in [-0.15, -0.1) is 23.4 Å². The maximum Gasteiger partial charge on any atom is 0.169 e. The fraction of sp³-hybridized carbons (Fsp3) is 0.167. The first kappa shape index (κ1) is 16.7. The fourth-order valence-corrected chi connectivity index (χ4v) is 3.55. The van der Waals surface area contributed by atoms with Crippen LogP contribution >= 0.6 is 23.4 Å². The Morgan fingerprint density at radius 2 is 2.08 bits per heavy atom. The number of thioether (sulfide) groups is 1. The predicted octanol–water partition coefficient (Wildman–Crippen LogP) is 5.17. The second kappa shape index (κ2) is 7.20. The third-order valence-corrected chi connectivity index (χ3v) is 4.56. The molecular weight excluding hydrogens is 342 g/mol. The number of carbonyl (C=O) groups excluding carboxylic acids is 1. The largest absolute Gasteiger partial charge is 0.354 e. The minimum atomic E-state index is 0.00272. The lowest BCUT2D eigenvalue weighted by Gasteiger charge is -2.12. The fourth-order valence-electron chi connectivity index (χ4n) is 2.51. The average Bonchev–Trinajstić information content (AvgIpc) is 2.54. The van der Waals surface area contributed by atoms with Crippen molar-refractivity contribution in [2.75, 3.05) is 5.32 Å². The summed E-state index contributed by atoms with van der Waals surface area (Å²) in [5.41, 5.74) is 3.93. The smallest absolute Gasteiger partial charge is 0.169 e. The lowest BCUT2D eigenvalue weighted by molar-refractivity contribution is 0.112. The zero-order valence-electron chi connectivity index (χ0n) is 13.3. The third-order valence-electron chi connectivity index (χ3n) is 3.44. The number of hydrogen-bond donors (Lipinski definition) is 1. The molecule has 0 bridgehead atoms. The molecule has 24 heavy (non-hydrogen) atoms. The Kier molecular flexibility index (Phi) is 5.02. The lowest BCUT2D eigenvalue weighted by atomic mass is 10.1. The van der Waals surface area contributed by atoms with Crippen molar-refractivity contribution in [1.29, 1.82) is 0 Å². The van der Waals surface area contributed by atoms with Gasteiger partial charge in [0.05, 0.1) is 15.9 Å². The first-order chi connectivity index (χ1) is 11.6. The van der Waals surface area contributed by atoms with Crippen molar-refractivity contribution in [3.8, 4) is 0 Å². The minimum Gasteiger partial charge on any atom is -0.354 e. The summed E-state index contributed by atoms with van der Waals surface area (Å²) in [6, 6.07) is 12.0. The highest BCUT2D eigenvalue weighted by atomic mass is 35.5. The van der Waals surface area contributed by atoms with E-state index in [-0.39, 0.29) is 4.71 Å². The molecule has 0 fully saturated rings. The summed E-state index contributed by atoms with van der Waals surface area (Å²) in [7, 11) is 0. The molecule has 0 saturated carbocycles. The number of alkyl halides is 1. The van der Waals surface area contributed by atoms with Gasteiger partial charge in [-0.2, -0.15) is 0 Å². The van der Waals surface area contributed by atoms with Crippen molar-refractivity contribution in [2.45, 2.75) is 23.5 Å². The van der Waals surface area contributed by atoms with Crippen LogP contribution in [0.15, 0.2) is 47.6 Å². The van der Waals surface area contributed by atoms with Gasteiger partial charge in [-0.1, -0.05) is 6.07 Å². The highest BCUT2D eigenvalue weighted by molar-refractivity contribution is 8.01. The standard InChI is InChI=1S/C18H16ClN3OS/c1-11-6-15-17(9-23)20-10-21-18(15)16(7-11)22-13-4-3-5-14(8-13)24-12(2)19/h3-10,12,22H,1-2H3. The number of nitrogens with zero attached hydrogens (tertiary/aromatic N) is 2. The molecule has 1 unspecified atom stereocenters. The SMILES string of the molecule is Cc1cc(Nc2cccc(SC(C)Cl)c2)c2ncnc(C=O)c2c1.